The van der Waals surface area contributed by atoms with Crippen molar-refractivity contribution in [3.8, 4) is 0 Å². The van der Waals surface area contributed by atoms with Crippen LogP contribution >= 0.6 is 0 Å². The Balaban J connectivity index is 1.51. The van der Waals surface area contributed by atoms with Crippen molar-refractivity contribution in [1.82, 2.24) is 9.88 Å². The second-order valence-electron chi connectivity index (χ2n) is 6.13. The van der Waals surface area contributed by atoms with E-state index in [1.54, 1.807) is 6.20 Å². The third kappa shape index (κ3) is 4.03. The molecule has 0 aliphatic rings. The quantitative estimate of drug-likeness (QED) is 0.514. The summed E-state index contributed by atoms with van der Waals surface area (Å²) in [6, 6.07) is 16.6. The van der Waals surface area contributed by atoms with Gasteiger partial charge in [0.05, 0.1) is 0 Å². The molecule has 0 fully saturated rings. The molecule has 0 aliphatic carbocycles. The Morgan fingerprint density at radius 1 is 1.04 bits per heavy atom. The fourth-order valence-electron chi connectivity index (χ4n) is 2.91. The number of anilines is 2. The van der Waals surface area contributed by atoms with E-state index in [1.807, 2.05) is 24.4 Å². The van der Waals surface area contributed by atoms with Gasteiger partial charge in [0.15, 0.2) is 0 Å². The zero-order valence-electron chi connectivity index (χ0n) is 14.1. The highest BCUT2D eigenvalue weighted by molar-refractivity contribution is 6.00. The summed E-state index contributed by atoms with van der Waals surface area (Å²) in [6.45, 7) is 2.97. The summed E-state index contributed by atoms with van der Waals surface area (Å²) < 4.78 is 0. The average Bonchev–Trinajstić information content (AvgIpc) is 2.61. The SMILES string of the molecule is CN(CCCNc1ccc(N)c2cnccc12)Cc1ccccc1. The first-order chi connectivity index (χ1) is 11.7. The van der Waals surface area contributed by atoms with Crippen LogP contribution in [0.15, 0.2) is 60.9 Å². The molecule has 0 amide bonds. The molecule has 4 nitrogen and oxygen atoms in total. The van der Waals surface area contributed by atoms with Crippen molar-refractivity contribution in [2.75, 3.05) is 31.2 Å². The molecular weight excluding hydrogens is 296 g/mol. The van der Waals surface area contributed by atoms with Gasteiger partial charge < -0.3 is 16.0 Å². The number of nitrogens with one attached hydrogen (secondary N) is 1. The number of hydrogen-bond donors (Lipinski definition) is 2. The highest BCUT2D eigenvalue weighted by Crippen LogP contribution is 2.27. The third-order valence-corrected chi connectivity index (χ3v) is 4.18. The second kappa shape index (κ2) is 7.79. The molecule has 0 bridgehead atoms. The molecule has 0 atom stereocenters. The molecule has 24 heavy (non-hydrogen) atoms. The highest BCUT2D eigenvalue weighted by Gasteiger charge is 2.04. The van der Waals surface area contributed by atoms with Crippen molar-refractivity contribution >= 4 is 22.1 Å². The van der Waals surface area contributed by atoms with E-state index in [2.05, 4.69) is 52.6 Å². The largest absolute Gasteiger partial charge is 0.398 e. The Bertz CT molecular complexity index is 786. The van der Waals surface area contributed by atoms with E-state index in [0.29, 0.717) is 0 Å². The zero-order valence-corrected chi connectivity index (χ0v) is 14.1. The van der Waals surface area contributed by atoms with Crippen molar-refractivity contribution in [1.29, 1.82) is 0 Å². The van der Waals surface area contributed by atoms with Crippen LogP contribution in [0.4, 0.5) is 11.4 Å². The number of nitrogens with two attached hydrogens (primary N) is 1. The summed E-state index contributed by atoms with van der Waals surface area (Å²) in [5.41, 5.74) is 9.26. The van der Waals surface area contributed by atoms with Gasteiger partial charge in [-0.1, -0.05) is 30.3 Å². The molecule has 0 saturated heterocycles. The van der Waals surface area contributed by atoms with Gasteiger partial charge in [0.25, 0.3) is 0 Å². The molecule has 0 spiro atoms. The van der Waals surface area contributed by atoms with Crippen LogP contribution in [0.1, 0.15) is 12.0 Å². The van der Waals surface area contributed by atoms with Crippen LogP contribution in [0.5, 0.6) is 0 Å². The molecule has 2 aromatic carbocycles. The molecule has 0 saturated carbocycles. The second-order valence-corrected chi connectivity index (χ2v) is 6.13. The maximum atomic E-state index is 6.02. The lowest BCUT2D eigenvalue weighted by atomic mass is 10.1. The summed E-state index contributed by atoms with van der Waals surface area (Å²) in [4.78, 5) is 6.51. The van der Waals surface area contributed by atoms with Crippen LogP contribution in [0.3, 0.4) is 0 Å². The van der Waals surface area contributed by atoms with Crippen molar-refractivity contribution in [3.63, 3.8) is 0 Å². The van der Waals surface area contributed by atoms with Crippen LogP contribution in [0.2, 0.25) is 0 Å². The molecule has 1 aromatic heterocycles. The van der Waals surface area contributed by atoms with E-state index in [4.69, 9.17) is 5.73 Å². The zero-order chi connectivity index (χ0) is 16.8. The van der Waals surface area contributed by atoms with Crippen LogP contribution in [0, 0.1) is 0 Å². The predicted octanol–water partition coefficient (Wildman–Crippen LogP) is 3.75. The molecular formula is C20H24N4. The first-order valence-corrected chi connectivity index (χ1v) is 8.32. The number of hydrogen-bond acceptors (Lipinski definition) is 4. The van der Waals surface area contributed by atoms with E-state index < -0.39 is 0 Å². The van der Waals surface area contributed by atoms with Crippen molar-refractivity contribution in [2.45, 2.75) is 13.0 Å². The minimum absolute atomic E-state index is 0.770. The minimum Gasteiger partial charge on any atom is -0.398 e. The summed E-state index contributed by atoms with van der Waals surface area (Å²) in [7, 11) is 2.16. The standard InChI is InChI=1S/C20H24N4/c1-24(15-16-6-3-2-4-7-16)13-5-11-23-20-9-8-19(21)18-14-22-12-10-17(18)20/h2-4,6-10,12,14,23H,5,11,13,15,21H2,1H3. The first-order valence-electron chi connectivity index (χ1n) is 8.32. The normalized spacial score (nSPS) is 11.1. The number of nitrogen functional groups attached to an aromatic ring is 1. The van der Waals surface area contributed by atoms with Crippen LogP contribution in [-0.2, 0) is 6.54 Å². The number of benzene rings is 2. The van der Waals surface area contributed by atoms with Gasteiger partial charge in [-0.05, 0) is 43.8 Å². The summed E-state index contributed by atoms with van der Waals surface area (Å²) in [5, 5.41) is 5.65. The Labute approximate surface area is 143 Å². The summed E-state index contributed by atoms with van der Waals surface area (Å²) in [5.74, 6) is 0. The number of rotatable bonds is 7. The molecule has 0 radical (unpaired) electrons. The van der Waals surface area contributed by atoms with E-state index in [0.717, 1.165) is 48.2 Å². The lowest BCUT2D eigenvalue weighted by Crippen LogP contribution is -2.21. The molecule has 124 valence electrons. The molecule has 3 aromatic rings. The molecule has 4 heteroatoms. The van der Waals surface area contributed by atoms with Gasteiger partial charge in [-0.15, -0.1) is 0 Å². The minimum atomic E-state index is 0.770. The number of nitrogens with zero attached hydrogens (tertiary/aromatic N) is 2. The van der Waals surface area contributed by atoms with Gasteiger partial charge in [-0.2, -0.15) is 0 Å². The lowest BCUT2D eigenvalue weighted by molar-refractivity contribution is 0.325. The van der Waals surface area contributed by atoms with Crippen LogP contribution < -0.4 is 11.1 Å². The van der Waals surface area contributed by atoms with E-state index in [1.165, 1.54) is 5.56 Å². The summed E-state index contributed by atoms with van der Waals surface area (Å²) >= 11 is 0. The van der Waals surface area contributed by atoms with Gasteiger partial charge in [0.1, 0.15) is 0 Å². The van der Waals surface area contributed by atoms with Gasteiger partial charge in [0, 0.05) is 47.6 Å². The monoisotopic (exact) mass is 320 g/mol. The van der Waals surface area contributed by atoms with Crippen molar-refractivity contribution in [2.24, 2.45) is 0 Å². The predicted molar refractivity (Wildman–Crippen MR) is 102 cm³/mol. The maximum absolute atomic E-state index is 6.02. The number of fused-ring (bicyclic) bond motifs is 1. The topological polar surface area (TPSA) is 54.2 Å². The van der Waals surface area contributed by atoms with Crippen molar-refractivity contribution < 1.29 is 0 Å². The Kier molecular flexibility index (Phi) is 5.29. The average molecular weight is 320 g/mol. The third-order valence-electron chi connectivity index (χ3n) is 4.18. The Morgan fingerprint density at radius 2 is 1.88 bits per heavy atom. The number of aromatic nitrogens is 1. The number of pyridine rings is 1. The Morgan fingerprint density at radius 3 is 2.71 bits per heavy atom. The smallest absolute Gasteiger partial charge is 0.0422 e. The van der Waals surface area contributed by atoms with E-state index in [-0.39, 0.29) is 0 Å². The van der Waals surface area contributed by atoms with Gasteiger partial charge >= 0.3 is 0 Å². The summed E-state index contributed by atoms with van der Waals surface area (Å²) in [6.07, 6.45) is 4.71. The molecule has 0 aliphatic heterocycles. The van der Waals surface area contributed by atoms with E-state index in [9.17, 15) is 0 Å². The maximum Gasteiger partial charge on any atom is 0.0422 e. The van der Waals surface area contributed by atoms with E-state index >= 15 is 0 Å². The first kappa shape index (κ1) is 16.3. The van der Waals surface area contributed by atoms with Gasteiger partial charge in [-0.3, -0.25) is 4.98 Å². The van der Waals surface area contributed by atoms with Crippen molar-refractivity contribution in [3.05, 3.63) is 66.5 Å². The fraction of sp³-hybridized carbons (Fsp3) is 0.250. The highest BCUT2D eigenvalue weighted by atomic mass is 15.1. The lowest BCUT2D eigenvalue weighted by Gasteiger charge is -2.17. The molecule has 3 N–H and O–H groups in total. The van der Waals surface area contributed by atoms with Crippen LogP contribution in [0.25, 0.3) is 10.8 Å². The van der Waals surface area contributed by atoms with Gasteiger partial charge in [-0.25, -0.2) is 0 Å². The van der Waals surface area contributed by atoms with Gasteiger partial charge in [0.2, 0.25) is 0 Å². The molecule has 3 rings (SSSR count). The fourth-order valence-corrected chi connectivity index (χ4v) is 2.91. The molecule has 1 heterocycles. The molecule has 0 unspecified atom stereocenters. The Hall–Kier alpha value is -2.59. The van der Waals surface area contributed by atoms with Crippen LogP contribution in [-0.4, -0.2) is 30.0 Å².